The van der Waals surface area contributed by atoms with Crippen molar-refractivity contribution in [3.05, 3.63) is 78.4 Å². The maximum absolute atomic E-state index is 13.9. The number of carbonyl (C=O) groups excluding carboxylic acids is 2. The number of amides is 2. The summed E-state index contributed by atoms with van der Waals surface area (Å²) in [5.41, 5.74) is 1.93. The number of hydrogen-bond donors (Lipinski definition) is 0. The largest absolute Gasteiger partial charge is 0.495 e. The van der Waals surface area contributed by atoms with Crippen LogP contribution >= 0.6 is 0 Å². The third kappa shape index (κ3) is 4.38. The van der Waals surface area contributed by atoms with Crippen LogP contribution in [0, 0.1) is 5.92 Å². The SMILES string of the molecule is CCCOc1ccc(C2C3C(=O)N(c4ccccc4OC)C(=O)C3ON2c2ccccc2)cc1OCC. The minimum absolute atomic E-state index is 0.341. The van der Waals surface area contributed by atoms with Crippen LogP contribution in [0.1, 0.15) is 31.9 Å². The maximum Gasteiger partial charge on any atom is 0.266 e. The molecule has 8 nitrogen and oxygen atoms in total. The summed E-state index contributed by atoms with van der Waals surface area (Å²) in [5, 5.41) is 1.67. The van der Waals surface area contributed by atoms with E-state index < -0.39 is 24.0 Å². The second-order valence-corrected chi connectivity index (χ2v) is 8.83. The van der Waals surface area contributed by atoms with Crippen molar-refractivity contribution in [3.8, 4) is 17.2 Å². The summed E-state index contributed by atoms with van der Waals surface area (Å²) in [5.74, 6) is 0.135. The number of nitrogens with zero attached hydrogens (tertiary/aromatic N) is 2. The maximum atomic E-state index is 13.9. The van der Waals surface area contributed by atoms with Crippen LogP contribution in [0.4, 0.5) is 11.4 Å². The Bertz CT molecular complexity index is 1280. The molecule has 2 heterocycles. The van der Waals surface area contributed by atoms with Gasteiger partial charge in [0.25, 0.3) is 5.91 Å². The number of hydroxylamine groups is 1. The first-order valence-corrected chi connectivity index (χ1v) is 12.5. The predicted octanol–water partition coefficient (Wildman–Crippen LogP) is 4.93. The van der Waals surface area contributed by atoms with Gasteiger partial charge in [-0.25, -0.2) is 9.96 Å². The number of para-hydroxylation sites is 3. The van der Waals surface area contributed by atoms with Crippen LogP contribution in [0.2, 0.25) is 0 Å². The minimum atomic E-state index is -0.978. The number of imide groups is 1. The lowest BCUT2D eigenvalue weighted by Gasteiger charge is -2.29. The normalized spacial score (nSPS) is 20.8. The number of benzene rings is 3. The fourth-order valence-electron chi connectivity index (χ4n) is 4.91. The predicted molar refractivity (Wildman–Crippen MR) is 139 cm³/mol. The molecule has 2 fully saturated rings. The topological polar surface area (TPSA) is 77.5 Å². The number of fused-ring (bicyclic) bond motifs is 1. The van der Waals surface area contributed by atoms with E-state index in [0.29, 0.717) is 36.1 Å². The standard InChI is InChI=1S/C29H30N2O6/c1-4-17-36-23-16-15-19(18-24(23)35-5-2)26-25-27(37-31(26)20-11-7-6-8-12-20)29(33)30(28(25)32)21-13-9-10-14-22(21)34-3/h6-16,18,25-27H,4-5,17H2,1-3H3. The van der Waals surface area contributed by atoms with E-state index in [9.17, 15) is 9.59 Å². The number of ether oxygens (including phenoxy) is 3. The average Bonchev–Trinajstić information content (AvgIpc) is 3.44. The fraction of sp³-hybridized carbons (Fsp3) is 0.310. The third-order valence-electron chi connectivity index (χ3n) is 6.52. The van der Waals surface area contributed by atoms with E-state index in [2.05, 4.69) is 0 Å². The van der Waals surface area contributed by atoms with Gasteiger partial charge in [0.15, 0.2) is 17.6 Å². The third-order valence-corrected chi connectivity index (χ3v) is 6.52. The Balaban J connectivity index is 1.59. The first-order chi connectivity index (χ1) is 18.1. The zero-order valence-electron chi connectivity index (χ0n) is 21.1. The second-order valence-electron chi connectivity index (χ2n) is 8.83. The van der Waals surface area contributed by atoms with Crippen LogP contribution in [0.15, 0.2) is 72.8 Å². The molecule has 0 radical (unpaired) electrons. The number of rotatable bonds is 9. The zero-order chi connectivity index (χ0) is 25.9. The van der Waals surface area contributed by atoms with E-state index in [1.807, 2.05) is 62.4 Å². The summed E-state index contributed by atoms with van der Waals surface area (Å²) in [6, 6.07) is 21.5. The van der Waals surface area contributed by atoms with Crippen LogP contribution in [0.25, 0.3) is 0 Å². The van der Waals surface area contributed by atoms with Gasteiger partial charge < -0.3 is 14.2 Å². The van der Waals surface area contributed by atoms with E-state index in [1.54, 1.807) is 29.3 Å². The smallest absolute Gasteiger partial charge is 0.266 e. The lowest BCUT2D eigenvalue weighted by atomic mass is 9.90. The molecule has 3 atom stereocenters. The van der Waals surface area contributed by atoms with E-state index in [0.717, 1.165) is 17.7 Å². The molecule has 2 aliphatic rings. The summed E-state index contributed by atoms with van der Waals surface area (Å²) in [6.45, 7) is 4.97. The minimum Gasteiger partial charge on any atom is -0.495 e. The van der Waals surface area contributed by atoms with Gasteiger partial charge in [0, 0.05) is 0 Å². The van der Waals surface area contributed by atoms with Crippen molar-refractivity contribution in [1.29, 1.82) is 0 Å². The van der Waals surface area contributed by atoms with Crippen molar-refractivity contribution in [2.75, 3.05) is 30.3 Å². The summed E-state index contributed by atoms with van der Waals surface area (Å²) < 4.78 is 17.2. The fourth-order valence-corrected chi connectivity index (χ4v) is 4.91. The van der Waals surface area contributed by atoms with Gasteiger partial charge >= 0.3 is 0 Å². The van der Waals surface area contributed by atoms with Crippen LogP contribution in [-0.4, -0.2) is 38.2 Å². The molecule has 3 aromatic rings. The van der Waals surface area contributed by atoms with Gasteiger partial charge in [-0.15, -0.1) is 0 Å². The average molecular weight is 503 g/mol. The highest BCUT2D eigenvalue weighted by Gasteiger charge is 2.60. The molecule has 8 heteroatoms. The quantitative estimate of drug-likeness (QED) is 0.384. The second kappa shape index (κ2) is 10.5. The van der Waals surface area contributed by atoms with Crippen LogP contribution in [0.3, 0.4) is 0 Å². The Morgan fingerprint density at radius 3 is 2.32 bits per heavy atom. The van der Waals surface area contributed by atoms with Gasteiger partial charge in [0.05, 0.1) is 37.7 Å². The van der Waals surface area contributed by atoms with Crippen molar-refractivity contribution < 1.29 is 28.6 Å². The van der Waals surface area contributed by atoms with Crippen LogP contribution < -0.4 is 24.2 Å². The number of carbonyl (C=O) groups is 2. The molecule has 2 aliphatic heterocycles. The molecule has 192 valence electrons. The molecule has 0 saturated carbocycles. The Morgan fingerprint density at radius 2 is 1.59 bits per heavy atom. The van der Waals surface area contributed by atoms with E-state index >= 15 is 0 Å². The molecular weight excluding hydrogens is 472 g/mol. The molecule has 3 aromatic carbocycles. The Labute approximate surface area is 216 Å². The summed E-state index contributed by atoms with van der Waals surface area (Å²) in [7, 11) is 1.51. The number of hydrogen-bond acceptors (Lipinski definition) is 7. The lowest BCUT2D eigenvalue weighted by molar-refractivity contribution is -0.126. The highest BCUT2D eigenvalue weighted by Crippen LogP contribution is 2.49. The first kappa shape index (κ1) is 24.6. The zero-order valence-corrected chi connectivity index (χ0v) is 21.1. The van der Waals surface area contributed by atoms with Gasteiger partial charge in [0.2, 0.25) is 5.91 Å². The van der Waals surface area contributed by atoms with Crippen molar-refractivity contribution in [2.45, 2.75) is 32.4 Å². The molecular formula is C29H30N2O6. The number of methoxy groups -OCH3 is 1. The molecule has 0 aromatic heterocycles. The molecule has 2 saturated heterocycles. The van der Waals surface area contributed by atoms with Crippen LogP contribution in [0.5, 0.6) is 17.2 Å². The van der Waals surface area contributed by atoms with Crippen molar-refractivity contribution in [1.82, 2.24) is 0 Å². The molecule has 37 heavy (non-hydrogen) atoms. The highest BCUT2D eigenvalue weighted by molar-refractivity contribution is 6.24. The Kier molecular flexibility index (Phi) is 7.01. The first-order valence-electron chi connectivity index (χ1n) is 12.5. The Hall–Kier alpha value is -4.04. The highest BCUT2D eigenvalue weighted by atomic mass is 16.7. The molecule has 3 unspecified atom stereocenters. The van der Waals surface area contributed by atoms with E-state index in [4.69, 9.17) is 19.0 Å². The van der Waals surface area contributed by atoms with Crippen LogP contribution in [-0.2, 0) is 14.4 Å². The van der Waals surface area contributed by atoms with E-state index in [1.165, 1.54) is 12.0 Å². The van der Waals surface area contributed by atoms with Crippen molar-refractivity contribution in [3.63, 3.8) is 0 Å². The van der Waals surface area contributed by atoms with Gasteiger partial charge in [-0.1, -0.05) is 43.3 Å². The van der Waals surface area contributed by atoms with Gasteiger partial charge in [-0.2, -0.15) is 0 Å². The lowest BCUT2D eigenvalue weighted by Crippen LogP contribution is -2.37. The Morgan fingerprint density at radius 1 is 0.838 bits per heavy atom. The van der Waals surface area contributed by atoms with E-state index in [-0.39, 0.29) is 5.91 Å². The molecule has 5 rings (SSSR count). The summed E-state index contributed by atoms with van der Waals surface area (Å²) in [6.07, 6.45) is -0.112. The van der Waals surface area contributed by atoms with Gasteiger partial charge in [0.1, 0.15) is 11.7 Å². The molecule has 0 aliphatic carbocycles. The molecule has 0 bridgehead atoms. The molecule has 0 spiro atoms. The van der Waals surface area contributed by atoms with Crippen molar-refractivity contribution in [2.24, 2.45) is 5.92 Å². The number of anilines is 2. The van der Waals surface area contributed by atoms with Gasteiger partial charge in [-0.05, 0) is 55.3 Å². The monoisotopic (exact) mass is 502 g/mol. The van der Waals surface area contributed by atoms with Crippen molar-refractivity contribution >= 4 is 23.2 Å². The van der Waals surface area contributed by atoms with Gasteiger partial charge in [-0.3, -0.25) is 14.4 Å². The molecule has 0 N–H and O–H groups in total. The molecule has 2 amide bonds. The summed E-state index contributed by atoms with van der Waals surface area (Å²) in [4.78, 5) is 35.0. The summed E-state index contributed by atoms with van der Waals surface area (Å²) >= 11 is 0.